The molecule has 1 saturated heterocycles. The lowest BCUT2D eigenvalue weighted by Gasteiger charge is -2.30. The van der Waals surface area contributed by atoms with Crippen LogP contribution in [0.4, 0.5) is 11.4 Å². The van der Waals surface area contributed by atoms with Crippen LogP contribution in [0.3, 0.4) is 0 Å². The van der Waals surface area contributed by atoms with Crippen molar-refractivity contribution in [3.05, 3.63) is 22.2 Å². The zero-order chi connectivity index (χ0) is 12.6. The molecule has 0 spiro atoms. The van der Waals surface area contributed by atoms with E-state index in [9.17, 15) is 0 Å². The van der Waals surface area contributed by atoms with Gasteiger partial charge in [0, 0.05) is 19.3 Å². The zero-order valence-corrected chi connectivity index (χ0v) is 11.4. The lowest BCUT2D eigenvalue weighted by Crippen LogP contribution is -2.37. The van der Waals surface area contributed by atoms with E-state index >= 15 is 0 Å². The van der Waals surface area contributed by atoms with Crippen molar-refractivity contribution >= 4 is 34.6 Å². The summed E-state index contributed by atoms with van der Waals surface area (Å²) in [5.41, 5.74) is 7.10. The zero-order valence-electron chi connectivity index (χ0n) is 9.91. The van der Waals surface area contributed by atoms with Crippen molar-refractivity contribution in [2.45, 2.75) is 25.5 Å². The lowest BCUT2D eigenvalue weighted by molar-refractivity contribution is 0.118. The number of benzene rings is 1. The Labute approximate surface area is 111 Å². The second kappa shape index (κ2) is 4.92. The Morgan fingerprint density at radius 1 is 1.35 bits per heavy atom. The summed E-state index contributed by atoms with van der Waals surface area (Å²) < 4.78 is 5.56. The van der Waals surface area contributed by atoms with Gasteiger partial charge in [0.25, 0.3) is 0 Å². The van der Waals surface area contributed by atoms with Gasteiger partial charge in [-0.15, -0.1) is 0 Å². The van der Waals surface area contributed by atoms with Gasteiger partial charge in [-0.25, -0.2) is 0 Å². The monoisotopic (exact) mass is 274 g/mol. The molecule has 0 saturated carbocycles. The molecule has 2 N–H and O–H groups in total. The number of nitrogen functional groups attached to an aromatic ring is 1. The van der Waals surface area contributed by atoms with Crippen LogP contribution in [0.15, 0.2) is 12.1 Å². The molecule has 2 rings (SSSR count). The summed E-state index contributed by atoms with van der Waals surface area (Å²) in [4.78, 5) is 2.09. The maximum atomic E-state index is 6.21. The number of hydrogen-bond donors (Lipinski definition) is 1. The molecule has 2 atom stereocenters. The van der Waals surface area contributed by atoms with Gasteiger partial charge < -0.3 is 15.4 Å². The molecular formula is C12H16Cl2N2O. The molecule has 1 fully saturated rings. The number of likely N-dealkylation sites (N-methyl/N-ethyl adjacent to an activating group) is 1. The minimum absolute atomic E-state index is 0.185. The molecule has 1 aliphatic heterocycles. The SMILES string of the molecule is CC1OCCC1N(C)c1c(Cl)cc(N)cc1Cl. The molecule has 17 heavy (non-hydrogen) atoms. The van der Waals surface area contributed by atoms with Crippen LogP contribution in [-0.2, 0) is 4.74 Å². The molecule has 0 aromatic heterocycles. The van der Waals surface area contributed by atoms with Gasteiger partial charge in [0.2, 0.25) is 0 Å². The highest BCUT2D eigenvalue weighted by molar-refractivity contribution is 6.39. The molecular weight excluding hydrogens is 259 g/mol. The molecule has 0 bridgehead atoms. The van der Waals surface area contributed by atoms with Gasteiger partial charge in [0.15, 0.2) is 0 Å². The number of nitrogens with zero attached hydrogens (tertiary/aromatic N) is 1. The number of anilines is 2. The van der Waals surface area contributed by atoms with Crippen LogP contribution >= 0.6 is 23.2 Å². The fraction of sp³-hybridized carbons (Fsp3) is 0.500. The Hall–Kier alpha value is -0.640. The number of nitrogens with two attached hydrogens (primary N) is 1. The van der Waals surface area contributed by atoms with Crippen molar-refractivity contribution in [1.82, 2.24) is 0 Å². The topological polar surface area (TPSA) is 38.5 Å². The molecule has 2 unspecified atom stereocenters. The van der Waals surface area contributed by atoms with Crippen LogP contribution in [0.25, 0.3) is 0 Å². The summed E-state index contributed by atoms with van der Waals surface area (Å²) in [5, 5.41) is 1.16. The first-order valence-electron chi connectivity index (χ1n) is 5.59. The first-order chi connectivity index (χ1) is 8.00. The molecule has 1 aromatic carbocycles. The summed E-state index contributed by atoms with van der Waals surface area (Å²) in [5.74, 6) is 0. The van der Waals surface area contributed by atoms with Gasteiger partial charge in [-0.3, -0.25) is 0 Å². The molecule has 1 aliphatic rings. The van der Waals surface area contributed by atoms with E-state index in [0.29, 0.717) is 21.8 Å². The van der Waals surface area contributed by atoms with E-state index in [0.717, 1.165) is 18.7 Å². The highest BCUT2D eigenvalue weighted by atomic mass is 35.5. The number of halogens is 2. The Balaban J connectivity index is 2.33. The number of ether oxygens (including phenoxy) is 1. The Bertz CT molecular complexity index is 402. The third kappa shape index (κ3) is 2.46. The second-order valence-corrected chi connectivity index (χ2v) is 5.19. The van der Waals surface area contributed by atoms with E-state index in [1.54, 1.807) is 12.1 Å². The van der Waals surface area contributed by atoms with Crippen molar-refractivity contribution < 1.29 is 4.74 Å². The molecule has 1 heterocycles. The quantitative estimate of drug-likeness (QED) is 0.842. The van der Waals surface area contributed by atoms with Gasteiger partial charge in [-0.1, -0.05) is 23.2 Å². The van der Waals surface area contributed by atoms with Crippen LogP contribution in [0.2, 0.25) is 10.0 Å². The minimum Gasteiger partial charge on any atom is -0.399 e. The maximum Gasteiger partial charge on any atom is 0.0750 e. The molecule has 94 valence electrons. The van der Waals surface area contributed by atoms with Crippen molar-refractivity contribution in [3.8, 4) is 0 Å². The fourth-order valence-electron chi connectivity index (χ4n) is 2.32. The summed E-state index contributed by atoms with van der Waals surface area (Å²) in [6, 6.07) is 3.74. The maximum absolute atomic E-state index is 6.21. The standard InChI is InChI=1S/C12H16Cl2N2O/c1-7-11(3-4-17-7)16(2)12-9(13)5-8(15)6-10(12)14/h5-7,11H,3-4,15H2,1-2H3. The van der Waals surface area contributed by atoms with Gasteiger partial charge in [0.1, 0.15) is 0 Å². The molecule has 5 heteroatoms. The van der Waals surface area contributed by atoms with Crippen LogP contribution < -0.4 is 10.6 Å². The molecule has 1 aromatic rings. The molecule has 0 amide bonds. The third-order valence-electron chi connectivity index (χ3n) is 3.23. The predicted molar refractivity (Wildman–Crippen MR) is 73.1 cm³/mol. The smallest absolute Gasteiger partial charge is 0.0750 e. The van der Waals surface area contributed by atoms with Crippen molar-refractivity contribution in [1.29, 1.82) is 0 Å². The average molecular weight is 275 g/mol. The second-order valence-electron chi connectivity index (χ2n) is 4.38. The number of hydrogen-bond acceptors (Lipinski definition) is 3. The molecule has 0 radical (unpaired) electrons. The van der Waals surface area contributed by atoms with Gasteiger partial charge in [0.05, 0.1) is 27.9 Å². The van der Waals surface area contributed by atoms with Crippen LogP contribution in [-0.4, -0.2) is 25.8 Å². The average Bonchev–Trinajstić information content (AvgIpc) is 2.62. The van der Waals surface area contributed by atoms with Crippen molar-refractivity contribution in [2.75, 3.05) is 24.3 Å². The summed E-state index contributed by atoms with van der Waals surface area (Å²) in [7, 11) is 1.99. The van der Waals surface area contributed by atoms with Crippen molar-refractivity contribution in [3.63, 3.8) is 0 Å². The predicted octanol–water partition coefficient (Wildman–Crippen LogP) is 3.19. The van der Waals surface area contributed by atoms with E-state index in [1.165, 1.54) is 0 Å². The lowest BCUT2D eigenvalue weighted by atomic mass is 10.1. The first kappa shape index (κ1) is 12.8. The largest absolute Gasteiger partial charge is 0.399 e. The first-order valence-corrected chi connectivity index (χ1v) is 6.35. The van der Waals surface area contributed by atoms with E-state index in [4.69, 9.17) is 33.7 Å². The van der Waals surface area contributed by atoms with Crippen LogP contribution in [0.5, 0.6) is 0 Å². The Kier molecular flexibility index (Phi) is 3.71. The van der Waals surface area contributed by atoms with E-state index in [2.05, 4.69) is 11.8 Å². The summed E-state index contributed by atoms with van der Waals surface area (Å²) in [6.07, 6.45) is 1.17. The van der Waals surface area contributed by atoms with Gasteiger partial charge in [-0.05, 0) is 25.5 Å². The Morgan fingerprint density at radius 3 is 2.41 bits per heavy atom. The normalized spacial score (nSPS) is 24.0. The highest BCUT2D eigenvalue weighted by Gasteiger charge is 2.30. The van der Waals surface area contributed by atoms with Gasteiger partial charge in [-0.2, -0.15) is 0 Å². The fourth-order valence-corrected chi connectivity index (χ4v) is 3.09. The summed E-state index contributed by atoms with van der Waals surface area (Å²) >= 11 is 12.4. The van der Waals surface area contributed by atoms with Gasteiger partial charge >= 0.3 is 0 Å². The molecule has 0 aliphatic carbocycles. The van der Waals surface area contributed by atoms with E-state index < -0.39 is 0 Å². The van der Waals surface area contributed by atoms with Crippen molar-refractivity contribution in [2.24, 2.45) is 0 Å². The van der Waals surface area contributed by atoms with Crippen LogP contribution in [0.1, 0.15) is 13.3 Å². The summed E-state index contributed by atoms with van der Waals surface area (Å²) in [6.45, 7) is 2.84. The highest BCUT2D eigenvalue weighted by Crippen LogP contribution is 2.38. The number of rotatable bonds is 2. The molecule has 3 nitrogen and oxygen atoms in total. The minimum atomic E-state index is 0.185. The van der Waals surface area contributed by atoms with E-state index in [-0.39, 0.29) is 6.10 Å². The third-order valence-corrected chi connectivity index (χ3v) is 3.80. The Morgan fingerprint density at radius 2 is 1.94 bits per heavy atom. The van der Waals surface area contributed by atoms with Crippen LogP contribution in [0, 0.1) is 0 Å². The van der Waals surface area contributed by atoms with E-state index in [1.807, 2.05) is 7.05 Å².